The van der Waals surface area contributed by atoms with E-state index in [9.17, 15) is 10.2 Å². The molecule has 2 fully saturated rings. The van der Waals surface area contributed by atoms with Crippen LogP contribution in [0.1, 0.15) is 50.1 Å². The van der Waals surface area contributed by atoms with Crippen LogP contribution >= 0.6 is 0 Å². The first-order valence-electron chi connectivity index (χ1n) is 9.44. The fraction of sp³-hybridized carbons (Fsp3) is 0.647. The molecule has 1 aliphatic carbocycles. The largest absolute Gasteiger partial charge is 0.387 e. The first kappa shape index (κ1) is 19.0. The normalized spacial score (nSPS) is 28.6. The van der Waals surface area contributed by atoms with E-state index in [1.807, 2.05) is 0 Å². The topological polar surface area (TPSA) is 153 Å². The van der Waals surface area contributed by atoms with Gasteiger partial charge in [-0.15, -0.1) is 0 Å². The number of nitrogens with one attached hydrogen (secondary N) is 1. The van der Waals surface area contributed by atoms with Crippen LogP contribution in [0.5, 0.6) is 0 Å². The zero-order valence-corrected chi connectivity index (χ0v) is 15.4. The van der Waals surface area contributed by atoms with E-state index in [1.165, 1.54) is 12.7 Å². The van der Waals surface area contributed by atoms with E-state index in [-0.39, 0.29) is 12.5 Å². The van der Waals surface area contributed by atoms with Crippen molar-refractivity contribution in [2.75, 3.05) is 12.3 Å². The molecule has 2 aromatic heterocycles. The lowest BCUT2D eigenvalue weighted by molar-refractivity contribution is -0.0854. The fourth-order valence-electron chi connectivity index (χ4n) is 3.95. The van der Waals surface area contributed by atoms with Gasteiger partial charge in [-0.25, -0.2) is 15.0 Å². The Labute approximate surface area is 161 Å². The summed E-state index contributed by atoms with van der Waals surface area (Å²) < 4.78 is 7.39. The monoisotopic (exact) mass is 391 g/mol. The first-order valence-corrected chi connectivity index (χ1v) is 9.44. The molecule has 0 spiro atoms. The van der Waals surface area contributed by atoms with Crippen LogP contribution in [0.3, 0.4) is 0 Å². The summed E-state index contributed by atoms with van der Waals surface area (Å²) in [5.74, 6) is 1.27. The van der Waals surface area contributed by atoms with Crippen molar-refractivity contribution in [3.8, 4) is 0 Å². The van der Waals surface area contributed by atoms with Gasteiger partial charge in [-0.2, -0.15) is 10.7 Å². The van der Waals surface area contributed by atoms with Crippen molar-refractivity contribution in [3.05, 3.63) is 12.2 Å². The predicted octanol–water partition coefficient (Wildman–Crippen LogP) is 0.212. The van der Waals surface area contributed by atoms with E-state index in [4.69, 9.17) is 20.3 Å². The molecular formula is C17H25N7O4. The summed E-state index contributed by atoms with van der Waals surface area (Å²) >= 11 is 0. The third-order valence-corrected chi connectivity index (χ3v) is 5.42. The number of hydrazone groups is 1. The van der Waals surface area contributed by atoms with Gasteiger partial charge >= 0.3 is 0 Å². The number of nitrogens with two attached hydrogens (primary N) is 1. The van der Waals surface area contributed by atoms with E-state index in [1.54, 1.807) is 4.57 Å². The summed E-state index contributed by atoms with van der Waals surface area (Å²) in [6, 6.07) is 0. The van der Waals surface area contributed by atoms with Gasteiger partial charge in [0, 0.05) is 12.6 Å². The minimum Gasteiger partial charge on any atom is -0.387 e. The van der Waals surface area contributed by atoms with E-state index >= 15 is 0 Å². The van der Waals surface area contributed by atoms with Crippen molar-refractivity contribution in [2.24, 2.45) is 5.10 Å². The second-order valence-corrected chi connectivity index (χ2v) is 7.23. The number of imidazole rings is 1. The molecule has 3 heterocycles. The third-order valence-electron chi connectivity index (χ3n) is 5.42. The molecule has 11 heteroatoms. The number of ether oxygens (including phenoxy) is 1. The molecule has 0 unspecified atom stereocenters. The van der Waals surface area contributed by atoms with Gasteiger partial charge in [0.2, 0.25) is 0 Å². The van der Waals surface area contributed by atoms with Gasteiger partial charge in [0.15, 0.2) is 17.7 Å². The maximum atomic E-state index is 10.5. The van der Waals surface area contributed by atoms with Crippen LogP contribution in [0.4, 0.5) is 5.82 Å². The highest BCUT2D eigenvalue weighted by Crippen LogP contribution is 2.35. The second kappa shape index (κ2) is 7.95. The van der Waals surface area contributed by atoms with E-state index in [2.05, 4.69) is 27.4 Å². The summed E-state index contributed by atoms with van der Waals surface area (Å²) in [7, 11) is 0. The number of fused-ring (bicyclic) bond motifs is 1. The number of nitrogen functional groups attached to an aromatic ring is 1. The number of hydrogen-bond acceptors (Lipinski definition) is 10. The number of anilines is 1. The molecule has 11 nitrogen and oxygen atoms in total. The molecule has 0 radical (unpaired) electrons. The van der Waals surface area contributed by atoms with Crippen LogP contribution in [-0.4, -0.2) is 61.4 Å². The highest BCUT2D eigenvalue weighted by atomic mass is 16.7. The van der Waals surface area contributed by atoms with Gasteiger partial charge in [-0.3, -0.25) is 9.40 Å². The number of nitrogens with zero attached hydrogens (tertiary/aromatic N) is 5. The van der Waals surface area contributed by atoms with Gasteiger partial charge in [0.1, 0.15) is 36.3 Å². The number of hydrogen-bond donors (Lipinski definition) is 4. The minimum absolute atomic E-state index is 0.0230. The Bertz CT molecular complexity index is 838. The standard InChI is InChI=1S/C17H25N7O4/c1-19-23-27-7-10-12(25)13(26)17(28-10)24-8-20-11-14(18)21-15(22-16(11)24)9-5-3-2-4-6-9/h8-10,12-13,17,23,25-26H,1-7H2,(H2,18,21,22)/t10-,12-,13-,17-/m1/s1. The van der Waals surface area contributed by atoms with Crippen molar-refractivity contribution in [1.29, 1.82) is 0 Å². The molecule has 0 bridgehead atoms. The maximum absolute atomic E-state index is 10.5. The van der Waals surface area contributed by atoms with Gasteiger partial charge < -0.3 is 20.7 Å². The van der Waals surface area contributed by atoms with Crippen molar-refractivity contribution < 1.29 is 19.8 Å². The predicted molar refractivity (Wildman–Crippen MR) is 100 cm³/mol. The van der Waals surface area contributed by atoms with E-state index in [0.717, 1.165) is 25.7 Å². The van der Waals surface area contributed by atoms with Crippen LogP contribution in [0.25, 0.3) is 11.2 Å². The smallest absolute Gasteiger partial charge is 0.167 e. The Morgan fingerprint density at radius 2 is 2.07 bits per heavy atom. The molecule has 1 saturated carbocycles. The summed E-state index contributed by atoms with van der Waals surface area (Å²) in [4.78, 5) is 18.4. The Balaban J connectivity index is 1.63. The molecule has 2 aliphatic rings. The van der Waals surface area contributed by atoms with Crippen molar-refractivity contribution >= 4 is 23.7 Å². The lowest BCUT2D eigenvalue weighted by atomic mass is 9.89. The number of aromatic nitrogens is 4. The average molecular weight is 391 g/mol. The van der Waals surface area contributed by atoms with Gasteiger partial charge in [-0.1, -0.05) is 19.3 Å². The molecule has 2 aromatic rings. The van der Waals surface area contributed by atoms with E-state index < -0.39 is 24.5 Å². The zero-order valence-electron chi connectivity index (χ0n) is 15.4. The first-order chi connectivity index (χ1) is 13.6. The maximum Gasteiger partial charge on any atom is 0.167 e. The van der Waals surface area contributed by atoms with Crippen molar-refractivity contribution in [2.45, 2.75) is 62.6 Å². The summed E-state index contributed by atoms with van der Waals surface area (Å²) in [5, 5.41) is 24.1. The third kappa shape index (κ3) is 3.41. The molecule has 4 rings (SSSR count). The summed E-state index contributed by atoms with van der Waals surface area (Å²) in [6.07, 6.45) is 3.12. The highest BCUT2D eigenvalue weighted by Gasteiger charge is 2.44. The minimum atomic E-state index is -1.18. The average Bonchev–Trinajstić information content (AvgIpc) is 3.25. The second-order valence-electron chi connectivity index (χ2n) is 7.23. The van der Waals surface area contributed by atoms with Gasteiger partial charge in [0.25, 0.3) is 0 Å². The lowest BCUT2D eigenvalue weighted by Crippen LogP contribution is -2.34. The zero-order chi connectivity index (χ0) is 19.7. The van der Waals surface area contributed by atoms with Crippen molar-refractivity contribution in [1.82, 2.24) is 25.1 Å². The lowest BCUT2D eigenvalue weighted by Gasteiger charge is -2.21. The molecule has 28 heavy (non-hydrogen) atoms. The van der Waals surface area contributed by atoms with Crippen LogP contribution in [0.2, 0.25) is 0 Å². The van der Waals surface area contributed by atoms with Crippen LogP contribution in [0.15, 0.2) is 11.4 Å². The summed E-state index contributed by atoms with van der Waals surface area (Å²) in [5.41, 5.74) is 9.28. The molecule has 0 aromatic carbocycles. The van der Waals surface area contributed by atoms with Crippen LogP contribution < -0.4 is 11.3 Å². The SMILES string of the molecule is C=NNOC[C@H]1O[C@@H](n2cnc3c(N)nc(C4CCCCC4)nc32)[C@H](O)[C@@H]1O. The molecule has 4 atom stereocenters. The Kier molecular flexibility index (Phi) is 5.40. The van der Waals surface area contributed by atoms with E-state index in [0.29, 0.717) is 22.8 Å². The van der Waals surface area contributed by atoms with Gasteiger partial charge in [0.05, 0.1) is 6.33 Å². The Morgan fingerprint density at radius 1 is 1.29 bits per heavy atom. The number of aliphatic hydroxyl groups is 2. The quantitative estimate of drug-likeness (QED) is 0.307. The Hall–Kier alpha value is -2.34. The highest BCUT2D eigenvalue weighted by molar-refractivity contribution is 5.81. The molecular weight excluding hydrogens is 366 g/mol. The summed E-state index contributed by atoms with van der Waals surface area (Å²) in [6.45, 7) is 3.20. The molecule has 1 aliphatic heterocycles. The number of aliphatic hydroxyl groups excluding tert-OH is 2. The van der Waals surface area contributed by atoms with Crippen LogP contribution in [-0.2, 0) is 9.57 Å². The Morgan fingerprint density at radius 3 is 2.82 bits per heavy atom. The molecule has 5 N–H and O–H groups in total. The fourth-order valence-corrected chi connectivity index (χ4v) is 3.95. The number of rotatable bonds is 6. The van der Waals surface area contributed by atoms with Gasteiger partial charge in [-0.05, 0) is 12.8 Å². The molecule has 0 amide bonds. The van der Waals surface area contributed by atoms with Crippen LogP contribution in [0, 0.1) is 0 Å². The molecule has 1 saturated heterocycles. The molecule has 152 valence electrons. The van der Waals surface area contributed by atoms with Crippen molar-refractivity contribution in [3.63, 3.8) is 0 Å².